The fourth-order valence-electron chi connectivity index (χ4n) is 3.89. The Labute approximate surface area is 186 Å². The molecule has 0 fully saturated rings. The molecule has 2 aliphatic rings. The SMILES string of the molecule is CCn1cc(COc2ccc3c(c2)OC(c2ccc4c(c2)C=CC(C)(C)O4)CC3=O)nn1. The van der Waals surface area contributed by atoms with Crippen molar-refractivity contribution in [3.05, 3.63) is 71.1 Å². The summed E-state index contributed by atoms with van der Waals surface area (Å²) >= 11 is 0. The van der Waals surface area contributed by atoms with E-state index in [1.54, 1.807) is 22.9 Å². The van der Waals surface area contributed by atoms with Crippen LogP contribution in [0.15, 0.2) is 48.7 Å². The van der Waals surface area contributed by atoms with Gasteiger partial charge in [0, 0.05) is 18.2 Å². The second-order valence-electron chi connectivity index (χ2n) is 8.58. The lowest BCUT2D eigenvalue weighted by atomic mass is 9.94. The first kappa shape index (κ1) is 20.3. The lowest BCUT2D eigenvalue weighted by Gasteiger charge is -2.30. The second-order valence-corrected chi connectivity index (χ2v) is 8.58. The van der Waals surface area contributed by atoms with Crippen molar-refractivity contribution in [3.8, 4) is 17.2 Å². The number of rotatable bonds is 5. The normalized spacial score (nSPS) is 18.3. The van der Waals surface area contributed by atoms with Gasteiger partial charge in [0.25, 0.3) is 0 Å². The summed E-state index contributed by atoms with van der Waals surface area (Å²) < 4.78 is 19.8. The molecule has 32 heavy (non-hydrogen) atoms. The van der Waals surface area contributed by atoms with Gasteiger partial charge >= 0.3 is 0 Å². The molecule has 0 saturated heterocycles. The average Bonchev–Trinajstić information content (AvgIpc) is 3.24. The van der Waals surface area contributed by atoms with Gasteiger partial charge in [-0.1, -0.05) is 17.4 Å². The van der Waals surface area contributed by atoms with E-state index in [0.29, 0.717) is 30.1 Å². The Bertz CT molecular complexity index is 1210. The minimum atomic E-state index is -0.358. The maximum atomic E-state index is 12.8. The van der Waals surface area contributed by atoms with Crippen LogP contribution in [0.25, 0.3) is 6.08 Å². The highest BCUT2D eigenvalue weighted by Crippen LogP contribution is 2.39. The molecule has 0 aliphatic carbocycles. The van der Waals surface area contributed by atoms with Gasteiger partial charge in [-0.3, -0.25) is 9.48 Å². The number of carbonyl (C=O) groups excluding carboxylic acids is 1. The third kappa shape index (κ3) is 3.98. The van der Waals surface area contributed by atoms with Crippen molar-refractivity contribution in [2.75, 3.05) is 0 Å². The van der Waals surface area contributed by atoms with Crippen molar-refractivity contribution < 1.29 is 19.0 Å². The molecule has 0 saturated carbocycles. The van der Waals surface area contributed by atoms with Gasteiger partial charge in [0.05, 0.1) is 18.2 Å². The fraction of sp³-hybridized carbons (Fsp3) is 0.320. The smallest absolute Gasteiger partial charge is 0.170 e. The molecule has 0 radical (unpaired) electrons. The number of ketones is 1. The Balaban J connectivity index is 1.34. The van der Waals surface area contributed by atoms with Crippen LogP contribution < -0.4 is 14.2 Å². The second kappa shape index (κ2) is 7.82. The lowest BCUT2D eigenvalue weighted by Crippen LogP contribution is -2.27. The number of benzene rings is 2. The minimum Gasteiger partial charge on any atom is -0.487 e. The predicted molar refractivity (Wildman–Crippen MR) is 119 cm³/mol. The molecule has 164 valence electrons. The topological polar surface area (TPSA) is 75.5 Å². The molecule has 3 aromatic rings. The maximum absolute atomic E-state index is 12.8. The highest BCUT2D eigenvalue weighted by atomic mass is 16.5. The molecule has 2 aromatic carbocycles. The van der Waals surface area contributed by atoms with E-state index in [0.717, 1.165) is 29.1 Å². The summed E-state index contributed by atoms with van der Waals surface area (Å²) in [5.74, 6) is 2.04. The third-order valence-electron chi connectivity index (χ3n) is 5.63. The molecular weight excluding hydrogens is 406 g/mol. The number of Topliss-reactive ketones (excluding diaryl/α,β-unsaturated/α-hetero) is 1. The maximum Gasteiger partial charge on any atom is 0.170 e. The number of hydrogen-bond acceptors (Lipinski definition) is 6. The van der Waals surface area contributed by atoms with Crippen LogP contribution in [0.2, 0.25) is 0 Å². The van der Waals surface area contributed by atoms with Gasteiger partial charge in [0.15, 0.2) is 5.78 Å². The lowest BCUT2D eigenvalue weighted by molar-refractivity contribution is 0.0849. The summed E-state index contributed by atoms with van der Waals surface area (Å²) in [6, 6.07) is 11.3. The van der Waals surface area contributed by atoms with Crippen LogP contribution in [0.4, 0.5) is 0 Å². The van der Waals surface area contributed by atoms with E-state index >= 15 is 0 Å². The van der Waals surface area contributed by atoms with Crippen LogP contribution in [0.1, 0.15) is 60.5 Å². The van der Waals surface area contributed by atoms with E-state index in [-0.39, 0.29) is 17.5 Å². The van der Waals surface area contributed by atoms with Gasteiger partial charge in [-0.25, -0.2) is 0 Å². The van der Waals surface area contributed by atoms with E-state index in [2.05, 4.69) is 16.4 Å². The number of nitrogens with zero attached hydrogens (tertiary/aromatic N) is 3. The minimum absolute atomic E-state index is 0.0549. The number of ether oxygens (including phenoxy) is 3. The van der Waals surface area contributed by atoms with Gasteiger partial charge in [-0.15, -0.1) is 5.10 Å². The highest BCUT2D eigenvalue weighted by Gasteiger charge is 2.29. The molecule has 0 amide bonds. The van der Waals surface area contributed by atoms with Crippen molar-refractivity contribution in [1.29, 1.82) is 0 Å². The van der Waals surface area contributed by atoms with E-state index in [9.17, 15) is 4.79 Å². The zero-order chi connectivity index (χ0) is 22.3. The van der Waals surface area contributed by atoms with Crippen molar-refractivity contribution >= 4 is 11.9 Å². The van der Waals surface area contributed by atoms with Crippen LogP contribution in [-0.4, -0.2) is 26.4 Å². The molecule has 5 rings (SSSR count). The van der Waals surface area contributed by atoms with Gasteiger partial charge < -0.3 is 14.2 Å². The number of aromatic nitrogens is 3. The Morgan fingerprint density at radius 2 is 2.06 bits per heavy atom. The van der Waals surface area contributed by atoms with E-state index in [1.165, 1.54) is 0 Å². The van der Waals surface area contributed by atoms with Crippen LogP contribution in [0.5, 0.6) is 17.2 Å². The summed E-state index contributed by atoms with van der Waals surface area (Å²) in [5, 5.41) is 8.10. The van der Waals surface area contributed by atoms with E-state index in [4.69, 9.17) is 14.2 Å². The van der Waals surface area contributed by atoms with Crippen molar-refractivity contribution in [2.24, 2.45) is 0 Å². The number of fused-ring (bicyclic) bond motifs is 2. The van der Waals surface area contributed by atoms with Gasteiger partial charge in [-0.2, -0.15) is 0 Å². The average molecular weight is 431 g/mol. The zero-order valence-corrected chi connectivity index (χ0v) is 18.4. The molecule has 2 aliphatic heterocycles. The van der Waals surface area contributed by atoms with Crippen LogP contribution in [0.3, 0.4) is 0 Å². The first-order valence-corrected chi connectivity index (χ1v) is 10.8. The fourth-order valence-corrected chi connectivity index (χ4v) is 3.89. The monoisotopic (exact) mass is 431 g/mol. The summed E-state index contributed by atoms with van der Waals surface area (Å²) in [5.41, 5.74) is 2.92. The van der Waals surface area contributed by atoms with Crippen LogP contribution in [0, 0.1) is 0 Å². The molecule has 3 heterocycles. The Morgan fingerprint density at radius 1 is 1.19 bits per heavy atom. The molecule has 7 heteroatoms. The van der Waals surface area contributed by atoms with Gasteiger partial charge in [-0.05, 0) is 56.7 Å². The van der Waals surface area contributed by atoms with E-state index in [1.807, 2.05) is 51.2 Å². The van der Waals surface area contributed by atoms with Crippen LogP contribution >= 0.6 is 0 Å². The predicted octanol–water partition coefficient (Wildman–Crippen LogP) is 4.77. The Hall–Kier alpha value is -3.61. The zero-order valence-electron chi connectivity index (χ0n) is 18.4. The quantitative estimate of drug-likeness (QED) is 0.579. The number of carbonyl (C=O) groups is 1. The van der Waals surface area contributed by atoms with Gasteiger partial charge in [0.2, 0.25) is 0 Å². The third-order valence-corrected chi connectivity index (χ3v) is 5.63. The Morgan fingerprint density at radius 3 is 2.88 bits per heavy atom. The highest BCUT2D eigenvalue weighted by molar-refractivity contribution is 6.00. The largest absolute Gasteiger partial charge is 0.487 e. The van der Waals surface area contributed by atoms with Crippen molar-refractivity contribution in [3.63, 3.8) is 0 Å². The first-order valence-electron chi connectivity index (χ1n) is 10.8. The molecule has 0 N–H and O–H groups in total. The van der Waals surface area contributed by atoms with Crippen molar-refractivity contribution in [2.45, 2.75) is 52.0 Å². The molecule has 1 unspecified atom stereocenters. The summed E-state index contributed by atoms with van der Waals surface area (Å²) in [6.45, 7) is 7.09. The summed E-state index contributed by atoms with van der Waals surface area (Å²) in [7, 11) is 0. The Kier molecular flexibility index (Phi) is 4.96. The molecule has 1 atom stereocenters. The molecule has 7 nitrogen and oxygen atoms in total. The molecular formula is C25H25N3O4. The molecule has 0 spiro atoms. The standard InChI is InChI=1S/C25H25N3O4/c1-4-28-14-18(26-27-28)15-30-19-6-7-20-21(29)13-23(31-24(20)12-19)16-5-8-22-17(11-16)9-10-25(2,3)32-22/h5-12,14,23H,4,13,15H2,1-3H3. The van der Waals surface area contributed by atoms with Gasteiger partial charge in [0.1, 0.15) is 41.3 Å². The summed E-state index contributed by atoms with van der Waals surface area (Å²) in [4.78, 5) is 12.8. The van der Waals surface area contributed by atoms with Crippen LogP contribution in [-0.2, 0) is 13.2 Å². The summed E-state index contributed by atoms with van der Waals surface area (Å²) in [6.07, 6.45) is 5.88. The first-order chi connectivity index (χ1) is 15.4. The van der Waals surface area contributed by atoms with E-state index < -0.39 is 0 Å². The molecule has 0 bridgehead atoms. The number of hydrogen-bond donors (Lipinski definition) is 0. The van der Waals surface area contributed by atoms with Crippen molar-refractivity contribution in [1.82, 2.24) is 15.0 Å². The number of aryl methyl sites for hydroxylation is 1. The molecule has 1 aromatic heterocycles.